The summed E-state index contributed by atoms with van der Waals surface area (Å²) in [6.45, 7) is 4.40. The average Bonchev–Trinajstić information content (AvgIpc) is 2.76. The van der Waals surface area contributed by atoms with Crippen molar-refractivity contribution in [3.63, 3.8) is 0 Å². The highest BCUT2D eigenvalue weighted by atomic mass is 79.9. The molecule has 1 heterocycles. The molecule has 1 fully saturated rings. The fraction of sp³-hybridized carbons (Fsp3) is 0.647. The van der Waals surface area contributed by atoms with E-state index in [0.717, 1.165) is 29.8 Å². The lowest BCUT2D eigenvalue weighted by atomic mass is 9.88. The van der Waals surface area contributed by atoms with Crippen molar-refractivity contribution in [2.24, 2.45) is 5.41 Å². The minimum atomic E-state index is 0.443. The molecule has 1 aromatic rings. The van der Waals surface area contributed by atoms with Gasteiger partial charge in [-0.1, -0.05) is 41.8 Å². The Morgan fingerprint density at radius 3 is 2.90 bits per heavy atom. The van der Waals surface area contributed by atoms with E-state index in [-0.39, 0.29) is 0 Å². The largest absolute Gasteiger partial charge is 0.493 e. The second-order valence-electron chi connectivity index (χ2n) is 6.62. The van der Waals surface area contributed by atoms with Crippen molar-refractivity contribution in [1.82, 2.24) is 5.32 Å². The molecular weight excluding hydrogens is 314 g/mol. The van der Waals surface area contributed by atoms with Gasteiger partial charge in [-0.05, 0) is 43.2 Å². The molecule has 1 N–H and O–H groups in total. The Bertz CT molecular complexity index is 468. The molecule has 0 amide bonds. The van der Waals surface area contributed by atoms with Gasteiger partial charge in [-0.3, -0.25) is 0 Å². The number of benzene rings is 1. The van der Waals surface area contributed by atoms with Crippen LogP contribution in [0.3, 0.4) is 0 Å². The van der Waals surface area contributed by atoms with Gasteiger partial charge in [0.1, 0.15) is 5.75 Å². The normalized spacial score (nSPS) is 24.8. The van der Waals surface area contributed by atoms with Crippen LogP contribution in [0.2, 0.25) is 0 Å². The maximum atomic E-state index is 5.89. The second kappa shape index (κ2) is 6.07. The summed E-state index contributed by atoms with van der Waals surface area (Å²) in [5, 5.41) is 3.82. The molecule has 1 aliphatic heterocycles. The van der Waals surface area contributed by atoms with Crippen molar-refractivity contribution in [3.05, 3.63) is 28.2 Å². The van der Waals surface area contributed by atoms with E-state index < -0.39 is 0 Å². The summed E-state index contributed by atoms with van der Waals surface area (Å²) in [6.07, 6.45) is 7.84. The van der Waals surface area contributed by atoms with Crippen LogP contribution in [-0.2, 0) is 0 Å². The molecule has 3 rings (SSSR count). The molecular formula is C17H24BrNO. The van der Waals surface area contributed by atoms with Crippen LogP contribution in [0.5, 0.6) is 5.75 Å². The van der Waals surface area contributed by atoms with Gasteiger partial charge in [-0.15, -0.1) is 0 Å². The molecule has 1 atom stereocenters. The molecule has 1 aliphatic carbocycles. The summed E-state index contributed by atoms with van der Waals surface area (Å²) < 4.78 is 6.98. The quantitative estimate of drug-likeness (QED) is 0.852. The molecule has 0 saturated heterocycles. The van der Waals surface area contributed by atoms with Crippen LogP contribution in [0, 0.1) is 5.41 Å². The molecule has 20 heavy (non-hydrogen) atoms. The smallest absolute Gasteiger partial charge is 0.125 e. The molecule has 3 heteroatoms. The van der Waals surface area contributed by atoms with Crippen LogP contribution in [0.15, 0.2) is 22.7 Å². The Balaban J connectivity index is 1.73. The van der Waals surface area contributed by atoms with Gasteiger partial charge >= 0.3 is 0 Å². The van der Waals surface area contributed by atoms with E-state index in [9.17, 15) is 0 Å². The minimum Gasteiger partial charge on any atom is -0.493 e. The van der Waals surface area contributed by atoms with Gasteiger partial charge in [0, 0.05) is 22.6 Å². The maximum absolute atomic E-state index is 5.89. The Hall–Kier alpha value is -0.540. The summed E-state index contributed by atoms with van der Waals surface area (Å²) in [6, 6.07) is 6.88. The van der Waals surface area contributed by atoms with Gasteiger partial charge in [-0.2, -0.15) is 0 Å². The number of hydrogen-bond donors (Lipinski definition) is 1. The summed E-state index contributed by atoms with van der Waals surface area (Å²) in [4.78, 5) is 0. The number of fused-ring (bicyclic) bond motifs is 1. The zero-order valence-electron chi connectivity index (χ0n) is 12.3. The first-order chi connectivity index (χ1) is 9.66. The monoisotopic (exact) mass is 337 g/mol. The van der Waals surface area contributed by atoms with Crippen LogP contribution in [-0.4, -0.2) is 13.2 Å². The highest BCUT2D eigenvalue weighted by molar-refractivity contribution is 9.10. The Kier molecular flexibility index (Phi) is 4.37. The van der Waals surface area contributed by atoms with Crippen LogP contribution in [0.25, 0.3) is 0 Å². The average molecular weight is 338 g/mol. The molecule has 110 valence electrons. The zero-order valence-corrected chi connectivity index (χ0v) is 13.8. The number of hydrogen-bond acceptors (Lipinski definition) is 2. The summed E-state index contributed by atoms with van der Waals surface area (Å²) in [5.74, 6) is 1.05. The Morgan fingerprint density at radius 1 is 1.30 bits per heavy atom. The van der Waals surface area contributed by atoms with Gasteiger partial charge < -0.3 is 10.1 Å². The van der Waals surface area contributed by atoms with Crippen LogP contribution in [0.4, 0.5) is 0 Å². The van der Waals surface area contributed by atoms with Crippen molar-refractivity contribution < 1.29 is 4.74 Å². The van der Waals surface area contributed by atoms with Crippen LogP contribution >= 0.6 is 15.9 Å². The first-order valence-electron chi connectivity index (χ1n) is 7.82. The lowest BCUT2D eigenvalue weighted by Crippen LogP contribution is -2.32. The van der Waals surface area contributed by atoms with Crippen molar-refractivity contribution in [1.29, 1.82) is 0 Å². The number of nitrogens with one attached hydrogen (secondary N) is 1. The second-order valence-corrected chi connectivity index (χ2v) is 7.54. The highest BCUT2D eigenvalue weighted by Crippen LogP contribution is 2.39. The van der Waals surface area contributed by atoms with E-state index in [1.807, 2.05) is 0 Å². The molecule has 1 unspecified atom stereocenters. The first-order valence-corrected chi connectivity index (χ1v) is 8.61. The third-order valence-corrected chi connectivity index (χ3v) is 5.32. The first kappa shape index (κ1) is 14.4. The molecule has 1 aromatic carbocycles. The van der Waals surface area contributed by atoms with Gasteiger partial charge in [-0.25, -0.2) is 0 Å². The SMILES string of the molecule is CC1(CNC2CCCOc3cc(Br)ccc32)CCCC1. The topological polar surface area (TPSA) is 21.3 Å². The molecule has 1 saturated carbocycles. The Morgan fingerprint density at radius 2 is 2.10 bits per heavy atom. The van der Waals surface area contributed by atoms with Gasteiger partial charge in [0.2, 0.25) is 0 Å². The molecule has 0 aromatic heterocycles. The van der Waals surface area contributed by atoms with E-state index in [2.05, 4.69) is 46.4 Å². The summed E-state index contributed by atoms with van der Waals surface area (Å²) in [5.41, 5.74) is 1.83. The van der Waals surface area contributed by atoms with E-state index in [1.165, 1.54) is 37.7 Å². The zero-order chi connectivity index (χ0) is 14.0. The number of ether oxygens (including phenoxy) is 1. The van der Waals surface area contributed by atoms with E-state index >= 15 is 0 Å². The minimum absolute atomic E-state index is 0.443. The lowest BCUT2D eigenvalue weighted by molar-refractivity contribution is 0.290. The van der Waals surface area contributed by atoms with E-state index in [1.54, 1.807) is 0 Å². The molecule has 0 radical (unpaired) electrons. The fourth-order valence-corrected chi connectivity index (χ4v) is 3.87. The predicted molar refractivity (Wildman–Crippen MR) is 86.2 cm³/mol. The van der Waals surface area contributed by atoms with Gasteiger partial charge in [0.05, 0.1) is 6.61 Å². The lowest BCUT2D eigenvalue weighted by Gasteiger charge is -2.28. The van der Waals surface area contributed by atoms with Crippen molar-refractivity contribution >= 4 is 15.9 Å². The third kappa shape index (κ3) is 3.20. The highest BCUT2D eigenvalue weighted by Gasteiger charge is 2.30. The van der Waals surface area contributed by atoms with Crippen molar-refractivity contribution in [3.8, 4) is 5.75 Å². The Labute approximate surface area is 130 Å². The molecule has 2 nitrogen and oxygen atoms in total. The van der Waals surface area contributed by atoms with Crippen molar-refractivity contribution in [2.75, 3.05) is 13.2 Å². The maximum Gasteiger partial charge on any atom is 0.125 e. The molecule has 2 aliphatic rings. The van der Waals surface area contributed by atoms with E-state index in [0.29, 0.717) is 11.5 Å². The van der Waals surface area contributed by atoms with Gasteiger partial charge in [0.15, 0.2) is 0 Å². The van der Waals surface area contributed by atoms with E-state index in [4.69, 9.17) is 4.74 Å². The molecule has 0 bridgehead atoms. The van der Waals surface area contributed by atoms with Crippen LogP contribution < -0.4 is 10.1 Å². The fourth-order valence-electron chi connectivity index (χ4n) is 3.53. The number of rotatable bonds is 3. The predicted octanol–water partition coefficient (Wildman–Crippen LogP) is 4.83. The summed E-state index contributed by atoms with van der Waals surface area (Å²) in [7, 11) is 0. The van der Waals surface area contributed by atoms with Gasteiger partial charge in [0.25, 0.3) is 0 Å². The standard InChI is InChI=1S/C17H24BrNO/c1-17(8-2-3-9-17)12-19-15-5-4-10-20-16-11-13(18)6-7-14(15)16/h6-7,11,15,19H,2-5,8-10,12H2,1H3. The third-order valence-electron chi connectivity index (χ3n) is 4.83. The summed E-state index contributed by atoms with van der Waals surface area (Å²) >= 11 is 3.54. The molecule has 0 spiro atoms. The number of halogens is 1. The van der Waals surface area contributed by atoms with Crippen LogP contribution in [0.1, 0.15) is 57.1 Å². The van der Waals surface area contributed by atoms with Crippen molar-refractivity contribution in [2.45, 2.75) is 51.5 Å².